The van der Waals surface area contributed by atoms with Gasteiger partial charge >= 0.3 is 7.12 Å². The molecule has 0 radical (unpaired) electrons. The van der Waals surface area contributed by atoms with Gasteiger partial charge in [0.2, 0.25) is 0 Å². The Morgan fingerprint density at radius 3 is 1.90 bits per heavy atom. The van der Waals surface area contributed by atoms with Crippen LogP contribution in [0.3, 0.4) is 0 Å². The summed E-state index contributed by atoms with van der Waals surface area (Å²) in [5, 5.41) is 4.22. The summed E-state index contributed by atoms with van der Waals surface area (Å²) >= 11 is 0. The second kappa shape index (κ2) is 10.9. The second-order valence-electron chi connectivity index (χ2n) is 9.07. The second-order valence-corrected chi connectivity index (χ2v) is 9.07. The van der Waals surface area contributed by atoms with Crippen molar-refractivity contribution in [2.24, 2.45) is 5.92 Å². The standard InChI is InChI=1S/C18H23BN2O3.C4H10.C2H6/c1-13(22)11-21-12-15(10-20-21)14-6-8-16(9-7-14)19-23-17(2,3)18(4,5)24-19;1-4(2)3;1-2/h6-10,12H,11H2,1-5H3;4H,1-3H3;1-2H3. The van der Waals surface area contributed by atoms with Gasteiger partial charge in [0.25, 0.3) is 0 Å². The maximum Gasteiger partial charge on any atom is 0.494 e. The maximum absolute atomic E-state index is 11.2. The van der Waals surface area contributed by atoms with Gasteiger partial charge in [-0.2, -0.15) is 5.10 Å². The molecule has 1 aliphatic rings. The fourth-order valence-electron chi connectivity index (χ4n) is 2.64. The molecule has 3 rings (SSSR count). The van der Waals surface area contributed by atoms with E-state index in [1.807, 2.05) is 72.0 Å². The Labute approximate surface area is 183 Å². The number of rotatable bonds is 4. The summed E-state index contributed by atoms with van der Waals surface area (Å²) < 4.78 is 13.8. The maximum atomic E-state index is 11.2. The van der Waals surface area contributed by atoms with Crippen molar-refractivity contribution in [1.29, 1.82) is 0 Å². The zero-order valence-corrected chi connectivity index (χ0v) is 20.4. The molecule has 1 aromatic carbocycles. The van der Waals surface area contributed by atoms with E-state index in [0.29, 0.717) is 6.54 Å². The first-order valence-corrected chi connectivity index (χ1v) is 10.9. The number of nitrogens with zero attached hydrogens (tertiary/aromatic N) is 2. The lowest BCUT2D eigenvalue weighted by Gasteiger charge is -2.32. The number of ketones is 1. The minimum atomic E-state index is -0.357. The van der Waals surface area contributed by atoms with E-state index in [9.17, 15) is 4.79 Å². The Hall–Kier alpha value is -1.92. The van der Waals surface area contributed by atoms with E-state index in [4.69, 9.17) is 9.31 Å². The Morgan fingerprint density at radius 2 is 1.47 bits per heavy atom. The van der Waals surface area contributed by atoms with Crippen LogP contribution in [0, 0.1) is 5.92 Å². The van der Waals surface area contributed by atoms with E-state index in [-0.39, 0.29) is 24.1 Å². The molecule has 0 unspecified atom stereocenters. The zero-order chi connectivity index (χ0) is 23.1. The summed E-state index contributed by atoms with van der Waals surface area (Å²) in [7, 11) is -0.357. The Bertz CT molecular complexity index is 776. The van der Waals surface area contributed by atoms with Crippen LogP contribution < -0.4 is 5.46 Å². The monoisotopic (exact) mass is 414 g/mol. The predicted octanol–water partition coefficient (Wildman–Crippen LogP) is 5.13. The zero-order valence-electron chi connectivity index (χ0n) is 20.4. The molecule has 1 fully saturated rings. The fourth-order valence-corrected chi connectivity index (χ4v) is 2.64. The van der Waals surface area contributed by atoms with E-state index < -0.39 is 0 Å². The summed E-state index contributed by atoms with van der Waals surface area (Å²) in [6, 6.07) is 8.07. The molecule has 0 aliphatic carbocycles. The largest absolute Gasteiger partial charge is 0.494 e. The number of Topliss-reactive ketones (excluding diaryl/α,β-unsaturated/α-hetero) is 1. The molecule has 6 heteroatoms. The third kappa shape index (κ3) is 7.10. The molecule has 2 aromatic rings. The first-order valence-electron chi connectivity index (χ1n) is 10.9. The molecule has 30 heavy (non-hydrogen) atoms. The van der Waals surface area contributed by atoms with Gasteiger partial charge in [-0.05, 0) is 51.6 Å². The minimum absolute atomic E-state index is 0.0840. The molecule has 1 aromatic heterocycles. The molecule has 2 heterocycles. The first kappa shape index (κ1) is 26.1. The average molecular weight is 414 g/mol. The lowest BCUT2D eigenvalue weighted by atomic mass is 9.78. The number of carbonyl (C=O) groups excluding carboxylic acids is 1. The molecule has 0 amide bonds. The molecule has 0 saturated carbocycles. The Kier molecular flexibility index (Phi) is 9.51. The van der Waals surface area contributed by atoms with Crippen LogP contribution in [0.4, 0.5) is 0 Å². The van der Waals surface area contributed by atoms with Crippen LogP contribution in [-0.4, -0.2) is 33.9 Å². The summed E-state index contributed by atoms with van der Waals surface area (Å²) in [5.41, 5.74) is 2.34. The number of aromatic nitrogens is 2. The van der Waals surface area contributed by atoms with Gasteiger partial charge in [-0.1, -0.05) is 58.9 Å². The molecule has 5 nitrogen and oxygen atoms in total. The van der Waals surface area contributed by atoms with Gasteiger partial charge in [-0.25, -0.2) is 0 Å². The lowest BCUT2D eigenvalue weighted by Crippen LogP contribution is -2.41. The van der Waals surface area contributed by atoms with E-state index in [2.05, 4.69) is 25.9 Å². The van der Waals surface area contributed by atoms with Gasteiger partial charge < -0.3 is 9.31 Å². The fraction of sp³-hybridized carbons (Fsp3) is 0.583. The Morgan fingerprint density at radius 1 is 1.00 bits per heavy atom. The predicted molar refractivity (Wildman–Crippen MR) is 126 cm³/mol. The van der Waals surface area contributed by atoms with E-state index in [0.717, 1.165) is 22.5 Å². The van der Waals surface area contributed by atoms with Crippen molar-refractivity contribution in [3.8, 4) is 11.1 Å². The van der Waals surface area contributed by atoms with Crippen LogP contribution in [0.2, 0.25) is 0 Å². The molecule has 0 bridgehead atoms. The van der Waals surface area contributed by atoms with Gasteiger partial charge in [-0.15, -0.1) is 0 Å². The molecule has 0 N–H and O–H groups in total. The average Bonchev–Trinajstić information content (AvgIpc) is 3.18. The molecular weight excluding hydrogens is 375 g/mol. The summed E-state index contributed by atoms with van der Waals surface area (Å²) in [6.07, 6.45) is 3.65. The van der Waals surface area contributed by atoms with Crippen molar-refractivity contribution in [3.63, 3.8) is 0 Å². The van der Waals surface area contributed by atoms with E-state index in [1.165, 1.54) is 0 Å². The van der Waals surface area contributed by atoms with E-state index in [1.54, 1.807) is 17.8 Å². The molecule has 1 aliphatic heterocycles. The highest BCUT2D eigenvalue weighted by atomic mass is 16.7. The number of hydrogen-bond donors (Lipinski definition) is 0. The van der Waals surface area contributed by atoms with Crippen molar-refractivity contribution in [2.75, 3.05) is 0 Å². The summed E-state index contributed by atoms with van der Waals surface area (Å²) in [4.78, 5) is 11.2. The SMILES string of the molecule is CC.CC(=O)Cn1cc(-c2ccc(B3OC(C)(C)C(C)(C)O3)cc2)cn1.CC(C)C. The van der Waals surface area contributed by atoms with Gasteiger partial charge in [0.1, 0.15) is 0 Å². The van der Waals surface area contributed by atoms with Crippen LogP contribution in [0.25, 0.3) is 11.1 Å². The number of hydrogen-bond acceptors (Lipinski definition) is 4. The topological polar surface area (TPSA) is 53.4 Å². The summed E-state index contributed by atoms with van der Waals surface area (Å²) in [5.74, 6) is 0.917. The number of benzene rings is 1. The van der Waals surface area contributed by atoms with Crippen molar-refractivity contribution in [1.82, 2.24) is 9.78 Å². The van der Waals surface area contributed by atoms with Gasteiger partial charge in [0, 0.05) is 11.8 Å². The van der Waals surface area contributed by atoms with E-state index >= 15 is 0 Å². The third-order valence-electron chi connectivity index (χ3n) is 4.79. The van der Waals surface area contributed by atoms with Gasteiger partial charge in [-0.3, -0.25) is 9.48 Å². The van der Waals surface area contributed by atoms with Crippen molar-refractivity contribution >= 4 is 18.4 Å². The Balaban J connectivity index is 0.000000673. The molecule has 0 atom stereocenters. The first-order chi connectivity index (χ1) is 13.9. The third-order valence-corrected chi connectivity index (χ3v) is 4.79. The van der Waals surface area contributed by atoms with Gasteiger partial charge in [0.15, 0.2) is 5.78 Å². The van der Waals surface area contributed by atoms with Crippen LogP contribution in [0.5, 0.6) is 0 Å². The van der Waals surface area contributed by atoms with Crippen LogP contribution in [0.1, 0.15) is 69.2 Å². The molecular formula is C24H39BN2O3. The summed E-state index contributed by atoms with van der Waals surface area (Å²) in [6.45, 7) is 20.5. The quantitative estimate of drug-likeness (QED) is 0.651. The highest BCUT2D eigenvalue weighted by Crippen LogP contribution is 2.36. The highest BCUT2D eigenvalue weighted by Gasteiger charge is 2.51. The highest BCUT2D eigenvalue weighted by molar-refractivity contribution is 6.62. The van der Waals surface area contributed by atoms with Crippen molar-refractivity contribution in [2.45, 2.75) is 87.0 Å². The normalized spacial score (nSPS) is 16.4. The number of carbonyl (C=O) groups is 1. The van der Waals surface area contributed by atoms with Crippen molar-refractivity contribution < 1.29 is 14.1 Å². The van der Waals surface area contributed by atoms with Crippen molar-refractivity contribution in [3.05, 3.63) is 36.7 Å². The lowest BCUT2D eigenvalue weighted by molar-refractivity contribution is -0.117. The van der Waals surface area contributed by atoms with Crippen LogP contribution in [0.15, 0.2) is 36.7 Å². The molecule has 1 saturated heterocycles. The van der Waals surface area contributed by atoms with Gasteiger partial charge in [0.05, 0.1) is 23.9 Å². The van der Waals surface area contributed by atoms with Crippen LogP contribution >= 0.6 is 0 Å². The molecule has 0 spiro atoms. The minimum Gasteiger partial charge on any atom is -0.399 e. The smallest absolute Gasteiger partial charge is 0.399 e. The molecule has 166 valence electrons. The van der Waals surface area contributed by atoms with Crippen LogP contribution in [-0.2, 0) is 20.6 Å².